The Morgan fingerprint density at radius 1 is 0.590 bits per heavy atom. The first kappa shape index (κ1) is 29.7. The van der Waals surface area contributed by atoms with Gasteiger partial charge in [-0.3, -0.25) is 0 Å². The second kappa shape index (κ2) is 13.9. The Morgan fingerprint density at radius 2 is 0.974 bits per heavy atom. The molecule has 0 saturated carbocycles. The van der Waals surface area contributed by atoms with E-state index < -0.39 is 15.9 Å². The van der Waals surface area contributed by atoms with Gasteiger partial charge in [0, 0.05) is 0 Å². The monoisotopic (exact) mass is 682 g/mol. The van der Waals surface area contributed by atoms with Gasteiger partial charge in [0.25, 0.3) is 0 Å². The van der Waals surface area contributed by atoms with Gasteiger partial charge < -0.3 is 0 Å². The van der Waals surface area contributed by atoms with Crippen molar-refractivity contribution in [2.75, 3.05) is 13.2 Å². The molecular formula is C32H34Cl2O4Te. The van der Waals surface area contributed by atoms with Crippen LogP contribution in [0.3, 0.4) is 0 Å². The van der Waals surface area contributed by atoms with Crippen molar-refractivity contribution in [3.05, 3.63) is 97.1 Å². The van der Waals surface area contributed by atoms with Gasteiger partial charge in [-0.15, -0.1) is 0 Å². The molecule has 0 radical (unpaired) electrons. The minimum absolute atomic E-state index is 0.387. The average Bonchev–Trinajstić information content (AvgIpc) is 2.94. The van der Waals surface area contributed by atoms with Crippen molar-refractivity contribution in [3.63, 3.8) is 0 Å². The second-order valence-corrected chi connectivity index (χ2v) is 21.4. The summed E-state index contributed by atoms with van der Waals surface area (Å²) < 4.78 is 25.4. The topological polar surface area (TPSA) is 36.9 Å². The average molecular weight is 681 g/mol. The van der Waals surface area contributed by atoms with Gasteiger partial charge in [-0.25, -0.2) is 0 Å². The summed E-state index contributed by atoms with van der Waals surface area (Å²) in [6.07, 6.45) is -0.774. The third-order valence-electron chi connectivity index (χ3n) is 6.05. The second-order valence-electron chi connectivity index (χ2n) is 8.80. The van der Waals surface area contributed by atoms with E-state index >= 15 is 0 Å². The Hall–Kier alpha value is -2.23. The summed E-state index contributed by atoms with van der Waals surface area (Å²) in [5.74, 6) is 1.44. The maximum absolute atomic E-state index is 7.35. The van der Waals surface area contributed by atoms with Crippen LogP contribution in [0.2, 0.25) is 0 Å². The molecule has 4 nitrogen and oxygen atoms in total. The van der Waals surface area contributed by atoms with Crippen molar-refractivity contribution in [2.45, 2.75) is 40.3 Å². The van der Waals surface area contributed by atoms with Crippen molar-refractivity contribution in [3.8, 4) is 33.8 Å². The third-order valence-corrected chi connectivity index (χ3v) is 15.7. The van der Waals surface area contributed by atoms with Crippen molar-refractivity contribution >= 4 is 41.1 Å². The molecule has 0 fully saturated rings. The first-order chi connectivity index (χ1) is 18.8. The Bertz CT molecular complexity index is 1250. The van der Waals surface area contributed by atoms with E-state index in [4.69, 9.17) is 36.9 Å². The number of benzene rings is 4. The number of hydrogen-bond donors (Lipinski definition) is 0. The van der Waals surface area contributed by atoms with Gasteiger partial charge in [0.15, 0.2) is 0 Å². The molecular weight excluding hydrogens is 647 g/mol. The number of rotatable bonds is 12. The fourth-order valence-electron chi connectivity index (χ4n) is 4.26. The maximum atomic E-state index is 7.35. The van der Waals surface area contributed by atoms with Crippen LogP contribution in [-0.2, 0) is 9.47 Å². The summed E-state index contributed by atoms with van der Waals surface area (Å²) in [5, 5.41) is 0. The van der Waals surface area contributed by atoms with Gasteiger partial charge in [0.2, 0.25) is 0 Å². The molecule has 2 unspecified atom stereocenters. The zero-order valence-corrected chi connectivity index (χ0v) is 26.4. The Labute approximate surface area is 243 Å². The molecule has 4 rings (SSSR count). The third kappa shape index (κ3) is 7.50. The fraction of sp³-hybridized carbons (Fsp3) is 0.250. The van der Waals surface area contributed by atoms with Gasteiger partial charge >= 0.3 is 244 Å². The molecule has 0 aliphatic heterocycles. The van der Waals surface area contributed by atoms with E-state index in [2.05, 4.69) is 12.1 Å². The Kier molecular flexibility index (Phi) is 10.6. The van der Waals surface area contributed by atoms with Crippen LogP contribution in [-0.4, -0.2) is 41.7 Å². The van der Waals surface area contributed by atoms with E-state index in [1.807, 2.05) is 113 Å². The van der Waals surface area contributed by atoms with E-state index in [0.717, 1.165) is 41.0 Å². The van der Waals surface area contributed by atoms with Crippen molar-refractivity contribution < 1.29 is 18.9 Å². The molecule has 0 aromatic heterocycles. The van der Waals surface area contributed by atoms with Crippen molar-refractivity contribution in [2.24, 2.45) is 0 Å². The van der Waals surface area contributed by atoms with Crippen molar-refractivity contribution in [1.82, 2.24) is 0 Å². The van der Waals surface area contributed by atoms with E-state index in [0.29, 0.717) is 13.2 Å². The molecule has 0 aliphatic rings. The van der Waals surface area contributed by atoms with Crippen LogP contribution in [0.25, 0.3) is 22.3 Å². The van der Waals surface area contributed by atoms with E-state index in [1.165, 1.54) is 0 Å². The summed E-state index contributed by atoms with van der Waals surface area (Å²) >= 11 is -3.84. The summed E-state index contributed by atoms with van der Waals surface area (Å²) in [4.78, 5) is 0. The molecule has 2 atom stereocenters. The normalized spacial score (nSPS) is 13.5. The molecule has 0 heterocycles. The van der Waals surface area contributed by atoms with Gasteiger partial charge in [-0.2, -0.15) is 0 Å². The predicted molar refractivity (Wildman–Crippen MR) is 164 cm³/mol. The summed E-state index contributed by atoms with van der Waals surface area (Å²) in [6.45, 7) is 8.80. The minimum atomic E-state index is -3.84. The van der Waals surface area contributed by atoms with E-state index in [1.54, 1.807) is 0 Å². The van der Waals surface area contributed by atoms with Crippen LogP contribution in [0, 0.1) is 0 Å². The predicted octanol–water partition coefficient (Wildman–Crippen LogP) is 7.58. The van der Waals surface area contributed by atoms with Crippen LogP contribution < -0.4 is 16.7 Å². The molecule has 206 valence electrons. The standard InChI is InChI=1S/C32H34Cl2O4Te/c1-5-35-23(3)37-31-19-17-27(21-29(31)25-13-9-7-10-14-25)39(33,34)28-18-20-32(38-24(4)36-6-2)30(22-28)26-15-11-8-12-16-26/h7-24H,5-6H2,1-4H3. The molecule has 39 heavy (non-hydrogen) atoms. The molecule has 7 heteroatoms. The summed E-state index contributed by atoms with van der Waals surface area (Å²) in [7, 11) is 14.7. The van der Waals surface area contributed by atoms with E-state index in [-0.39, 0.29) is 12.6 Å². The van der Waals surface area contributed by atoms with Gasteiger partial charge in [0.1, 0.15) is 0 Å². The fourth-order valence-corrected chi connectivity index (χ4v) is 10.5. The molecule has 4 aromatic rings. The molecule has 4 aromatic carbocycles. The zero-order valence-electron chi connectivity index (χ0n) is 22.6. The van der Waals surface area contributed by atoms with Crippen LogP contribution in [0.4, 0.5) is 0 Å². The number of ether oxygens (including phenoxy) is 4. The summed E-state index contributed by atoms with van der Waals surface area (Å²) in [5.41, 5.74) is 3.88. The molecule has 0 aliphatic carbocycles. The van der Waals surface area contributed by atoms with Gasteiger partial charge in [0.05, 0.1) is 0 Å². The van der Waals surface area contributed by atoms with Crippen molar-refractivity contribution in [1.29, 1.82) is 0 Å². The van der Waals surface area contributed by atoms with Crippen LogP contribution in [0.5, 0.6) is 11.5 Å². The first-order valence-electron chi connectivity index (χ1n) is 13.0. The molecule has 0 N–H and O–H groups in total. The first-order valence-corrected chi connectivity index (χ1v) is 21.2. The molecule has 0 bridgehead atoms. The molecule has 0 spiro atoms. The Balaban J connectivity index is 1.77. The van der Waals surface area contributed by atoms with Crippen LogP contribution >= 0.6 is 17.9 Å². The quantitative estimate of drug-likeness (QED) is 0.114. The SMILES string of the molecule is CCOC(C)Oc1ccc([Te](Cl)(Cl)c2ccc(OC(C)OCC)c(-c3ccccc3)c2)cc1-c1ccccc1. The Morgan fingerprint density at radius 3 is 1.33 bits per heavy atom. The van der Waals surface area contributed by atoms with Gasteiger partial charge in [-0.1, -0.05) is 0 Å². The van der Waals surface area contributed by atoms with Crippen LogP contribution in [0.1, 0.15) is 27.7 Å². The zero-order chi connectivity index (χ0) is 27.8. The summed E-state index contributed by atoms with van der Waals surface area (Å²) in [6, 6.07) is 32.2. The molecule has 0 amide bonds. The number of halogens is 2. The van der Waals surface area contributed by atoms with Crippen LogP contribution in [0.15, 0.2) is 97.1 Å². The number of hydrogen-bond acceptors (Lipinski definition) is 4. The molecule has 0 saturated heterocycles. The van der Waals surface area contributed by atoms with Gasteiger partial charge in [-0.05, 0) is 0 Å². The van der Waals surface area contributed by atoms with E-state index in [9.17, 15) is 0 Å².